The maximum Gasteiger partial charge on any atom is 0.250 e. The van der Waals surface area contributed by atoms with E-state index >= 15 is 0 Å². The van der Waals surface area contributed by atoms with Crippen molar-refractivity contribution < 1.29 is 4.79 Å². The average Bonchev–Trinajstić information content (AvgIpc) is 3.23. The monoisotopic (exact) mass is 339 g/mol. The molecule has 2 N–H and O–H groups in total. The van der Waals surface area contributed by atoms with Crippen molar-refractivity contribution in [3.63, 3.8) is 0 Å². The van der Waals surface area contributed by atoms with Crippen LogP contribution in [0.15, 0.2) is 36.4 Å². The van der Waals surface area contributed by atoms with Gasteiger partial charge in [0.05, 0.1) is 0 Å². The van der Waals surface area contributed by atoms with Crippen LogP contribution in [0.1, 0.15) is 36.5 Å². The topological polar surface area (TPSA) is 101 Å². The second kappa shape index (κ2) is 7.69. The van der Waals surface area contributed by atoms with Gasteiger partial charge in [0.15, 0.2) is 5.82 Å². The third-order valence-corrected chi connectivity index (χ3v) is 3.93. The smallest absolute Gasteiger partial charge is 0.250 e. The number of hydrogen-bond donors (Lipinski definition) is 2. The Kier molecular flexibility index (Phi) is 5.17. The first-order valence-corrected chi connectivity index (χ1v) is 8.31. The van der Waals surface area contributed by atoms with Gasteiger partial charge in [0, 0.05) is 18.2 Å². The van der Waals surface area contributed by atoms with Gasteiger partial charge in [-0.15, -0.1) is 5.10 Å². The van der Waals surface area contributed by atoms with Crippen LogP contribution in [-0.4, -0.2) is 36.3 Å². The van der Waals surface area contributed by atoms with E-state index in [0.29, 0.717) is 18.1 Å². The number of benzene rings is 1. The van der Waals surface area contributed by atoms with E-state index in [1.165, 1.54) is 0 Å². The summed E-state index contributed by atoms with van der Waals surface area (Å²) in [7, 11) is 0. The molecule has 8 nitrogen and oxygen atoms in total. The first-order valence-electron chi connectivity index (χ1n) is 8.31. The highest BCUT2D eigenvalue weighted by Gasteiger charge is 2.25. The van der Waals surface area contributed by atoms with Crippen LogP contribution in [0.3, 0.4) is 0 Å². The Morgan fingerprint density at radius 2 is 2.12 bits per heavy atom. The Morgan fingerprint density at radius 3 is 2.80 bits per heavy atom. The van der Waals surface area contributed by atoms with Crippen LogP contribution in [0.2, 0.25) is 0 Å². The molecule has 2 heterocycles. The van der Waals surface area contributed by atoms with Gasteiger partial charge in [-0.05, 0) is 29.3 Å². The Balaban J connectivity index is 1.80. The molecule has 2 aromatic heterocycles. The number of carbonyl (C=O) groups excluding carboxylic acids is 1. The molecule has 0 bridgehead atoms. The number of H-pyrrole nitrogens is 1. The van der Waals surface area contributed by atoms with Gasteiger partial charge in [-0.25, -0.2) is 4.68 Å². The Morgan fingerprint density at radius 1 is 1.32 bits per heavy atom. The van der Waals surface area contributed by atoms with E-state index < -0.39 is 6.04 Å². The number of anilines is 1. The third-order valence-electron chi connectivity index (χ3n) is 3.93. The third kappa shape index (κ3) is 4.09. The average molecular weight is 339 g/mol. The lowest BCUT2D eigenvalue weighted by molar-refractivity contribution is -0.119. The van der Waals surface area contributed by atoms with Gasteiger partial charge in [0.2, 0.25) is 0 Å². The number of tetrazole rings is 1. The van der Waals surface area contributed by atoms with E-state index in [4.69, 9.17) is 0 Å². The van der Waals surface area contributed by atoms with Crippen LogP contribution in [-0.2, 0) is 17.6 Å². The summed E-state index contributed by atoms with van der Waals surface area (Å²) in [5.74, 6) is 0.899. The predicted molar refractivity (Wildman–Crippen MR) is 92.9 cm³/mol. The minimum absolute atomic E-state index is 0.200. The molecule has 0 aliphatic carbocycles. The molecule has 0 fully saturated rings. The number of carbonyl (C=O) groups is 1. The second-order valence-electron chi connectivity index (χ2n) is 5.89. The van der Waals surface area contributed by atoms with E-state index in [1.807, 2.05) is 36.4 Å². The quantitative estimate of drug-likeness (QED) is 0.686. The fourth-order valence-corrected chi connectivity index (χ4v) is 2.69. The number of aromatic nitrogens is 6. The van der Waals surface area contributed by atoms with Crippen LogP contribution in [0, 0.1) is 6.92 Å². The molecule has 0 saturated heterocycles. The number of rotatable bonds is 7. The lowest BCUT2D eigenvalue weighted by Crippen LogP contribution is -2.29. The molecule has 0 aliphatic heterocycles. The minimum atomic E-state index is -0.552. The van der Waals surface area contributed by atoms with Crippen molar-refractivity contribution in [1.82, 2.24) is 30.4 Å². The molecule has 25 heavy (non-hydrogen) atoms. The molecule has 1 unspecified atom stereocenters. The zero-order valence-electron chi connectivity index (χ0n) is 14.3. The van der Waals surface area contributed by atoms with E-state index in [9.17, 15) is 4.79 Å². The van der Waals surface area contributed by atoms with Gasteiger partial charge in [-0.2, -0.15) is 5.10 Å². The molecule has 0 spiro atoms. The van der Waals surface area contributed by atoms with Gasteiger partial charge in [-0.1, -0.05) is 43.7 Å². The highest BCUT2D eigenvalue weighted by molar-refractivity contribution is 5.93. The maximum absolute atomic E-state index is 12.9. The Labute approximate surface area is 145 Å². The molecule has 3 aromatic rings. The molecule has 1 amide bonds. The summed E-state index contributed by atoms with van der Waals surface area (Å²) in [5, 5.41) is 21.5. The van der Waals surface area contributed by atoms with E-state index in [0.717, 1.165) is 24.1 Å². The second-order valence-corrected chi connectivity index (χ2v) is 5.89. The van der Waals surface area contributed by atoms with Crippen molar-refractivity contribution in [1.29, 1.82) is 0 Å². The first-order chi connectivity index (χ1) is 12.2. The van der Waals surface area contributed by atoms with Crippen molar-refractivity contribution in [3.8, 4) is 0 Å². The fraction of sp³-hybridized carbons (Fsp3) is 0.353. The van der Waals surface area contributed by atoms with Crippen molar-refractivity contribution >= 4 is 11.7 Å². The predicted octanol–water partition coefficient (Wildman–Crippen LogP) is 2.08. The van der Waals surface area contributed by atoms with Crippen LogP contribution in [0.4, 0.5) is 5.82 Å². The lowest BCUT2D eigenvalue weighted by atomic mass is 10.1. The molecule has 0 aliphatic rings. The van der Waals surface area contributed by atoms with E-state index in [1.54, 1.807) is 11.6 Å². The van der Waals surface area contributed by atoms with Gasteiger partial charge >= 0.3 is 0 Å². The normalized spacial score (nSPS) is 12.1. The SMILES string of the molecule is CCCc1cc(NC(=O)C(Cc2ccccc2)n2nnnc2C)n[nH]1. The van der Waals surface area contributed by atoms with Gasteiger partial charge in [0.1, 0.15) is 11.9 Å². The molecular weight excluding hydrogens is 318 g/mol. The van der Waals surface area contributed by atoms with E-state index in [2.05, 4.69) is 38.0 Å². The summed E-state index contributed by atoms with van der Waals surface area (Å²) in [6, 6.07) is 11.1. The van der Waals surface area contributed by atoms with Crippen LogP contribution in [0.25, 0.3) is 0 Å². The molecule has 8 heteroatoms. The van der Waals surface area contributed by atoms with Crippen LogP contribution < -0.4 is 5.32 Å². The highest BCUT2D eigenvalue weighted by Crippen LogP contribution is 2.17. The number of nitrogens with zero attached hydrogens (tertiary/aromatic N) is 5. The zero-order valence-corrected chi connectivity index (χ0v) is 14.3. The molecule has 1 aromatic carbocycles. The van der Waals surface area contributed by atoms with Crippen LogP contribution in [0.5, 0.6) is 0 Å². The van der Waals surface area contributed by atoms with Gasteiger partial charge in [0.25, 0.3) is 5.91 Å². The summed E-state index contributed by atoms with van der Waals surface area (Å²) in [4.78, 5) is 12.9. The maximum atomic E-state index is 12.9. The number of nitrogens with one attached hydrogen (secondary N) is 2. The lowest BCUT2D eigenvalue weighted by Gasteiger charge is -2.16. The van der Waals surface area contributed by atoms with Crippen molar-refractivity contribution in [2.24, 2.45) is 0 Å². The molecule has 3 rings (SSSR count). The van der Waals surface area contributed by atoms with Crippen molar-refractivity contribution in [2.45, 2.75) is 39.2 Å². The summed E-state index contributed by atoms with van der Waals surface area (Å²) in [6.45, 7) is 3.87. The van der Waals surface area contributed by atoms with Gasteiger partial charge in [-0.3, -0.25) is 9.89 Å². The van der Waals surface area contributed by atoms with Crippen LogP contribution >= 0.6 is 0 Å². The standard InChI is InChI=1S/C17H21N7O/c1-3-7-14-11-16(21-20-14)18-17(25)15(24-12(2)19-22-23-24)10-13-8-5-4-6-9-13/h4-6,8-9,11,15H,3,7,10H2,1-2H3,(H2,18,20,21,25). The van der Waals surface area contributed by atoms with Crippen molar-refractivity contribution in [2.75, 3.05) is 5.32 Å². The number of aromatic amines is 1. The minimum Gasteiger partial charge on any atom is -0.307 e. The number of amides is 1. The first kappa shape index (κ1) is 16.8. The molecule has 130 valence electrons. The molecule has 0 radical (unpaired) electrons. The van der Waals surface area contributed by atoms with E-state index in [-0.39, 0.29) is 5.91 Å². The van der Waals surface area contributed by atoms with Gasteiger partial charge < -0.3 is 5.32 Å². The fourth-order valence-electron chi connectivity index (χ4n) is 2.69. The van der Waals surface area contributed by atoms with Crippen molar-refractivity contribution in [3.05, 3.63) is 53.5 Å². The molecule has 0 saturated carbocycles. The Bertz CT molecular complexity index is 824. The summed E-state index contributed by atoms with van der Waals surface area (Å²) in [6.07, 6.45) is 2.39. The molecule has 1 atom stereocenters. The highest BCUT2D eigenvalue weighted by atomic mass is 16.2. The Hall–Kier alpha value is -3.03. The summed E-state index contributed by atoms with van der Waals surface area (Å²) < 4.78 is 1.54. The summed E-state index contributed by atoms with van der Waals surface area (Å²) >= 11 is 0. The zero-order chi connectivity index (χ0) is 17.6. The number of aryl methyl sites for hydroxylation is 2. The molecular formula is C17H21N7O. The number of hydrogen-bond acceptors (Lipinski definition) is 5. The largest absolute Gasteiger partial charge is 0.307 e. The summed E-state index contributed by atoms with van der Waals surface area (Å²) in [5.41, 5.74) is 2.03.